The fourth-order valence-corrected chi connectivity index (χ4v) is 4.26. The molecule has 3 aromatic rings. The lowest BCUT2D eigenvalue weighted by Gasteiger charge is -2.09. The Hall–Kier alpha value is -2.45. The molecule has 0 fully saturated rings. The van der Waals surface area contributed by atoms with E-state index in [1.165, 1.54) is 16.9 Å². The van der Waals surface area contributed by atoms with Crippen LogP contribution in [-0.2, 0) is 16.0 Å². The molecule has 0 aliphatic rings. The molecule has 8 heteroatoms. The number of amides is 1. The van der Waals surface area contributed by atoms with Gasteiger partial charge >= 0.3 is 5.97 Å². The molecule has 0 saturated carbocycles. The maximum atomic E-state index is 12.2. The summed E-state index contributed by atoms with van der Waals surface area (Å²) in [7, 11) is 0. The van der Waals surface area contributed by atoms with E-state index in [2.05, 4.69) is 33.2 Å². The third-order valence-corrected chi connectivity index (χ3v) is 5.91. The number of hydrogen-bond donors (Lipinski definition) is 1. The lowest BCUT2D eigenvalue weighted by molar-refractivity contribution is -0.116. The number of rotatable bonds is 9. The van der Waals surface area contributed by atoms with Crippen LogP contribution in [0.5, 0.6) is 5.75 Å². The van der Waals surface area contributed by atoms with E-state index in [4.69, 9.17) is 9.47 Å². The third-order valence-electron chi connectivity index (χ3n) is 4.36. The second kappa shape index (κ2) is 10.5. The Morgan fingerprint density at radius 2 is 2.00 bits per heavy atom. The summed E-state index contributed by atoms with van der Waals surface area (Å²) in [5.41, 5.74) is 2.44. The molecule has 0 saturated heterocycles. The zero-order valence-corrected chi connectivity index (χ0v) is 19.3. The first-order chi connectivity index (χ1) is 14.5. The van der Waals surface area contributed by atoms with Crippen LogP contribution in [0.25, 0.3) is 10.2 Å². The quantitative estimate of drug-likeness (QED) is 0.312. The fourth-order valence-electron chi connectivity index (χ4n) is 2.80. The van der Waals surface area contributed by atoms with Crippen molar-refractivity contribution in [1.29, 1.82) is 0 Å². The van der Waals surface area contributed by atoms with Gasteiger partial charge in [0.1, 0.15) is 5.75 Å². The van der Waals surface area contributed by atoms with Crippen LogP contribution in [0.2, 0.25) is 0 Å². The molecule has 1 aromatic heterocycles. The van der Waals surface area contributed by atoms with Crippen molar-refractivity contribution in [2.75, 3.05) is 18.5 Å². The SMILES string of the molecule is CCOC(=O)c1ccc2nc(NC(=O)CCCOc3ccc(CC)cc3Br)sc2c1. The summed E-state index contributed by atoms with van der Waals surface area (Å²) in [6.07, 6.45) is 1.88. The summed E-state index contributed by atoms with van der Waals surface area (Å²) < 4.78 is 12.5. The number of hydrogen-bond acceptors (Lipinski definition) is 6. The van der Waals surface area contributed by atoms with Gasteiger partial charge in [-0.2, -0.15) is 0 Å². The highest BCUT2D eigenvalue weighted by atomic mass is 79.9. The highest BCUT2D eigenvalue weighted by Gasteiger charge is 2.12. The molecule has 3 rings (SSSR count). The Morgan fingerprint density at radius 1 is 1.17 bits per heavy atom. The molecule has 0 unspecified atom stereocenters. The predicted molar refractivity (Wildman–Crippen MR) is 122 cm³/mol. The standard InChI is InChI=1S/C22H23BrN2O4S/c1-3-14-7-10-18(16(23)12-14)29-11-5-6-20(26)25-22-24-17-9-8-15(13-19(17)30-22)21(27)28-4-2/h7-10,12-13H,3-6,11H2,1-2H3,(H,24,25,26). The smallest absolute Gasteiger partial charge is 0.338 e. The molecule has 1 amide bonds. The molecule has 30 heavy (non-hydrogen) atoms. The van der Waals surface area contributed by atoms with Crippen molar-refractivity contribution < 1.29 is 19.1 Å². The minimum atomic E-state index is -0.366. The largest absolute Gasteiger partial charge is 0.492 e. The van der Waals surface area contributed by atoms with Crippen LogP contribution in [0.1, 0.15) is 42.6 Å². The summed E-state index contributed by atoms with van der Waals surface area (Å²) in [5, 5.41) is 3.33. The van der Waals surface area contributed by atoms with E-state index < -0.39 is 0 Å². The van der Waals surface area contributed by atoms with Crippen molar-refractivity contribution in [2.45, 2.75) is 33.1 Å². The fraction of sp³-hybridized carbons (Fsp3) is 0.318. The molecule has 1 N–H and O–H groups in total. The van der Waals surface area contributed by atoms with Crippen molar-refractivity contribution >= 4 is 54.5 Å². The number of anilines is 1. The van der Waals surface area contributed by atoms with Crippen LogP contribution in [0, 0.1) is 0 Å². The molecular formula is C22H23BrN2O4S. The molecule has 6 nitrogen and oxygen atoms in total. The van der Waals surface area contributed by atoms with Crippen LogP contribution in [0.15, 0.2) is 40.9 Å². The van der Waals surface area contributed by atoms with Crippen LogP contribution in [0.3, 0.4) is 0 Å². The molecule has 0 atom stereocenters. The number of fused-ring (bicyclic) bond motifs is 1. The van der Waals surface area contributed by atoms with Crippen LogP contribution >= 0.6 is 27.3 Å². The minimum absolute atomic E-state index is 0.122. The Morgan fingerprint density at radius 3 is 2.73 bits per heavy atom. The normalized spacial score (nSPS) is 10.8. The van der Waals surface area contributed by atoms with E-state index in [9.17, 15) is 9.59 Å². The van der Waals surface area contributed by atoms with Crippen LogP contribution in [-0.4, -0.2) is 30.1 Å². The number of ether oxygens (including phenoxy) is 2. The van der Waals surface area contributed by atoms with Gasteiger partial charge < -0.3 is 14.8 Å². The molecule has 0 aliphatic carbocycles. The highest BCUT2D eigenvalue weighted by molar-refractivity contribution is 9.10. The summed E-state index contributed by atoms with van der Waals surface area (Å²) in [4.78, 5) is 28.5. The molecule has 1 heterocycles. The minimum Gasteiger partial charge on any atom is -0.492 e. The predicted octanol–water partition coefficient (Wildman–Crippen LogP) is 5.60. The maximum absolute atomic E-state index is 12.2. The summed E-state index contributed by atoms with van der Waals surface area (Å²) >= 11 is 4.84. The van der Waals surface area contributed by atoms with Crippen molar-refractivity contribution in [3.8, 4) is 5.75 Å². The first-order valence-corrected chi connectivity index (χ1v) is 11.4. The Balaban J connectivity index is 1.50. The van der Waals surface area contributed by atoms with Crippen LogP contribution < -0.4 is 10.1 Å². The average Bonchev–Trinajstić information content (AvgIpc) is 3.13. The second-order valence-corrected chi connectivity index (χ2v) is 8.43. The van der Waals surface area contributed by atoms with Gasteiger partial charge in [-0.1, -0.05) is 24.3 Å². The lowest BCUT2D eigenvalue weighted by Crippen LogP contribution is -2.12. The van der Waals surface area contributed by atoms with Gasteiger partial charge in [0.15, 0.2) is 5.13 Å². The first kappa shape index (κ1) is 22.2. The molecule has 2 aromatic carbocycles. The van der Waals surface area contributed by atoms with E-state index in [1.807, 2.05) is 18.2 Å². The summed E-state index contributed by atoms with van der Waals surface area (Å²) in [5.74, 6) is 0.286. The second-order valence-electron chi connectivity index (χ2n) is 6.54. The van der Waals surface area contributed by atoms with Crippen molar-refractivity contribution in [3.05, 3.63) is 52.0 Å². The Bertz CT molecular complexity index is 1050. The van der Waals surface area contributed by atoms with Crippen molar-refractivity contribution in [3.63, 3.8) is 0 Å². The first-order valence-electron chi connectivity index (χ1n) is 9.79. The number of halogens is 1. The van der Waals surface area contributed by atoms with Crippen molar-refractivity contribution in [1.82, 2.24) is 4.98 Å². The van der Waals surface area contributed by atoms with E-state index in [1.54, 1.807) is 25.1 Å². The maximum Gasteiger partial charge on any atom is 0.338 e. The number of thiazole rings is 1. The van der Waals surface area contributed by atoms with Gasteiger partial charge in [-0.25, -0.2) is 9.78 Å². The lowest BCUT2D eigenvalue weighted by atomic mass is 10.2. The summed E-state index contributed by atoms with van der Waals surface area (Å²) in [6, 6.07) is 11.2. The van der Waals surface area contributed by atoms with E-state index in [-0.39, 0.29) is 11.9 Å². The zero-order valence-electron chi connectivity index (χ0n) is 16.9. The zero-order chi connectivity index (χ0) is 21.5. The van der Waals surface area contributed by atoms with Crippen LogP contribution in [0.4, 0.5) is 5.13 Å². The van der Waals surface area contributed by atoms with Crippen molar-refractivity contribution in [2.24, 2.45) is 0 Å². The number of aryl methyl sites for hydroxylation is 1. The number of benzene rings is 2. The monoisotopic (exact) mass is 490 g/mol. The van der Waals surface area contributed by atoms with Gasteiger partial charge in [-0.05, 0) is 71.6 Å². The van der Waals surface area contributed by atoms with Gasteiger partial charge in [0.25, 0.3) is 0 Å². The Kier molecular flexibility index (Phi) is 7.81. The summed E-state index contributed by atoms with van der Waals surface area (Å²) in [6.45, 7) is 4.64. The van der Waals surface area contributed by atoms with Gasteiger partial charge in [0.05, 0.1) is 33.5 Å². The molecule has 0 radical (unpaired) electrons. The number of aromatic nitrogens is 1. The molecule has 0 bridgehead atoms. The number of carbonyl (C=O) groups excluding carboxylic acids is 2. The number of esters is 1. The number of nitrogens with one attached hydrogen (secondary N) is 1. The highest BCUT2D eigenvalue weighted by Crippen LogP contribution is 2.28. The van der Waals surface area contributed by atoms with E-state index >= 15 is 0 Å². The topological polar surface area (TPSA) is 77.5 Å². The van der Waals surface area contributed by atoms with Gasteiger partial charge in [-0.15, -0.1) is 0 Å². The molecule has 158 valence electrons. The van der Waals surface area contributed by atoms with Gasteiger partial charge in [0, 0.05) is 6.42 Å². The molecule has 0 aliphatic heterocycles. The van der Waals surface area contributed by atoms with Gasteiger partial charge in [-0.3, -0.25) is 4.79 Å². The number of nitrogens with zero attached hydrogens (tertiary/aromatic N) is 1. The third kappa shape index (κ3) is 5.79. The molecule has 0 spiro atoms. The van der Waals surface area contributed by atoms with E-state index in [0.717, 1.165) is 26.9 Å². The van der Waals surface area contributed by atoms with Gasteiger partial charge in [0.2, 0.25) is 5.91 Å². The molecular weight excluding hydrogens is 468 g/mol. The average molecular weight is 491 g/mol. The number of carbonyl (C=O) groups is 2. The Labute approximate surface area is 187 Å². The van der Waals surface area contributed by atoms with E-state index in [0.29, 0.717) is 36.8 Å².